The van der Waals surface area contributed by atoms with E-state index in [9.17, 15) is 13.2 Å². The molecule has 0 saturated carbocycles. The van der Waals surface area contributed by atoms with Gasteiger partial charge in [0.05, 0.1) is 22.5 Å². The topological polar surface area (TPSA) is 107 Å². The lowest BCUT2D eigenvalue weighted by Crippen LogP contribution is -2.35. The van der Waals surface area contributed by atoms with Crippen LogP contribution in [-0.4, -0.2) is 49.5 Å². The van der Waals surface area contributed by atoms with E-state index in [2.05, 4.69) is 19.8 Å². The number of fused-ring (bicyclic) bond motifs is 1. The molecule has 0 spiro atoms. The van der Waals surface area contributed by atoms with Crippen LogP contribution in [0.25, 0.3) is 11.0 Å². The fourth-order valence-corrected chi connectivity index (χ4v) is 3.56. The number of sulfonamides is 1. The molecule has 1 saturated heterocycles. The van der Waals surface area contributed by atoms with Crippen LogP contribution in [0.3, 0.4) is 0 Å². The molecule has 0 atom stereocenters. The molecule has 0 radical (unpaired) electrons. The van der Waals surface area contributed by atoms with Crippen molar-refractivity contribution in [3.8, 4) is 0 Å². The summed E-state index contributed by atoms with van der Waals surface area (Å²) in [5.41, 5.74) is 0.617. The number of likely N-dealkylation sites (tertiary alicyclic amines) is 1. The number of piperidine rings is 1. The fourth-order valence-electron chi connectivity index (χ4n) is 2.70. The fraction of sp³-hybridized carbons (Fsp3) is 0.500. The summed E-state index contributed by atoms with van der Waals surface area (Å²) in [5.74, 6) is 0. The maximum atomic E-state index is 12.2. The van der Waals surface area contributed by atoms with E-state index in [0.29, 0.717) is 24.2 Å². The number of aromatic nitrogens is 2. The predicted octanol–water partition coefficient (Wildman–Crippen LogP) is 0.552. The third-order valence-corrected chi connectivity index (χ3v) is 5.14. The van der Waals surface area contributed by atoms with E-state index in [1.807, 2.05) is 0 Å². The first-order chi connectivity index (χ1) is 11.0. The highest BCUT2D eigenvalue weighted by Gasteiger charge is 2.16. The molecule has 1 fully saturated rings. The van der Waals surface area contributed by atoms with Crippen molar-refractivity contribution in [2.75, 3.05) is 26.2 Å². The smallest absolute Gasteiger partial charge is 0.306 e. The SMILES string of the molecule is O=c1[nH]c2ccc(S(=O)(=O)NOCCN3CCCCC3)cc2[nH]1. The van der Waals surface area contributed by atoms with E-state index < -0.39 is 10.0 Å². The molecule has 1 aromatic carbocycles. The Balaban J connectivity index is 1.57. The summed E-state index contributed by atoms with van der Waals surface area (Å²) in [6.07, 6.45) is 3.62. The van der Waals surface area contributed by atoms with Crippen LogP contribution < -0.4 is 10.6 Å². The molecule has 9 heteroatoms. The van der Waals surface area contributed by atoms with Crippen LogP contribution >= 0.6 is 0 Å². The van der Waals surface area contributed by atoms with Gasteiger partial charge in [-0.2, -0.15) is 0 Å². The van der Waals surface area contributed by atoms with Crippen molar-refractivity contribution in [3.63, 3.8) is 0 Å². The minimum Gasteiger partial charge on any atom is -0.306 e. The molecule has 0 aliphatic carbocycles. The van der Waals surface area contributed by atoms with Gasteiger partial charge in [0.2, 0.25) is 0 Å². The molecule has 1 aliphatic heterocycles. The molecular weight excluding hydrogens is 320 g/mol. The molecular formula is C14H20N4O4S. The molecule has 8 nitrogen and oxygen atoms in total. The average molecular weight is 340 g/mol. The number of benzene rings is 1. The highest BCUT2D eigenvalue weighted by molar-refractivity contribution is 7.89. The van der Waals surface area contributed by atoms with E-state index in [1.165, 1.54) is 37.5 Å². The quantitative estimate of drug-likeness (QED) is 0.526. The molecule has 3 rings (SSSR count). The maximum absolute atomic E-state index is 12.2. The third kappa shape index (κ3) is 3.99. The molecule has 126 valence electrons. The summed E-state index contributed by atoms with van der Waals surface area (Å²) in [6.45, 7) is 3.07. The number of hydrogen-bond donors (Lipinski definition) is 3. The zero-order chi connectivity index (χ0) is 16.3. The molecule has 0 unspecified atom stereocenters. The molecule has 1 aliphatic rings. The van der Waals surface area contributed by atoms with Crippen LogP contribution in [0.1, 0.15) is 19.3 Å². The largest absolute Gasteiger partial charge is 0.323 e. The number of hydrogen-bond acceptors (Lipinski definition) is 5. The number of imidazole rings is 1. The summed E-state index contributed by atoms with van der Waals surface area (Å²) in [4.78, 5) is 25.8. The predicted molar refractivity (Wildman–Crippen MR) is 85.5 cm³/mol. The normalized spacial score (nSPS) is 16.9. The first-order valence-corrected chi connectivity index (χ1v) is 9.11. The molecule has 3 N–H and O–H groups in total. The van der Waals surface area contributed by atoms with E-state index in [1.54, 1.807) is 0 Å². The molecule has 2 aromatic rings. The van der Waals surface area contributed by atoms with Gasteiger partial charge in [-0.25, -0.2) is 13.2 Å². The van der Waals surface area contributed by atoms with Crippen LogP contribution in [0.2, 0.25) is 0 Å². The summed E-state index contributed by atoms with van der Waals surface area (Å²) in [6, 6.07) is 4.35. The average Bonchev–Trinajstić information content (AvgIpc) is 2.92. The van der Waals surface area contributed by atoms with Crippen molar-refractivity contribution in [3.05, 3.63) is 28.7 Å². The molecule has 2 heterocycles. The van der Waals surface area contributed by atoms with Crippen LogP contribution in [0.4, 0.5) is 0 Å². The van der Waals surface area contributed by atoms with Crippen molar-refractivity contribution in [2.45, 2.75) is 24.2 Å². The van der Waals surface area contributed by atoms with Gasteiger partial charge in [-0.05, 0) is 44.1 Å². The summed E-state index contributed by atoms with van der Waals surface area (Å²) < 4.78 is 24.4. The number of nitrogens with zero attached hydrogens (tertiary/aromatic N) is 1. The van der Waals surface area contributed by atoms with Crippen LogP contribution in [-0.2, 0) is 14.9 Å². The van der Waals surface area contributed by atoms with E-state index in [-0.39, 0.29) is 10.6 Å². The first kappa shape index (κ1) is 16.2. The van der Waals surface area contributed by atoms with Gasteiger partial charge in [-0.15, -0.1) is 0 Å². The summed E-state index contributed by atoms with van der Waals surface area (Å²) in [7, 11) is -3.77. The van der Waals surface area contributed by atoms with Crippen LogP contribution in [0.15, 0.2) is 27.9 Å². The van der Waals surface area contributed by atoms with Gasteiger partial charge in [0.25, 0.3) is 10.0 Å². The molecule has 23 heavy (non-hydrogen) atoms. The number of nitrogens with one attached hydrogen (secondary N) is 3. The maximum Gasteiger partial charge on any atom is 0.323 e. The molecule has 0 amide bonds. The second-order valence-electron chi connectivity index (χ2n) is 5.62. The Bertz CT molecular complexity index is 821. The van der Waals surface area contributed by atoms with Gasteiger partial charge >= 0.3 is 5.69 Å². The lowest BCUT2D eigenvalue weighted by atomic mass is 10.1. The second kappa shape index (κ2) is 6.83. The summed E-state index contributed by atoms with van der Waals surface area (Å²) >= 11 is 0. The van der Waals surface area contributed by atoms with Crippen LogP contribution in [0.5, 0.6) is 0 Å². The second-order valence-corrected chi connectivity index (χ2v) is 7.27. The van der Waals surface area contributed by atoms with Crippen LogP contribution in [0, 0.1) is 0 Å². The molecule has 1 aromatic heterocycles. The van der Waals surface area contributed by atoms with Gasteiger partial charge in [-0.3, -0.25) is 4.84 Å². The van der Waals surface area contributed by atoms with E-state index >= 15 is 0 Å². The lowest BCUT2D eigenvalue weighted by molar-refractivity contribution is 0.0656. The number of H-pyrrole nitrogens is 2. The number of rotatable bonds is 6. The van der Waals surface area contributed by atoms with E-state index in [4.69, 9.17) is 4.84 Å². The Morgan fingerprint density at radius 2 is 1.87 bits per heavy atom. The highest BCUT2D eigenvalue weighted by atomic mass is 32.2. The van der Waals surface area contributed by atoms with E-state index in [0.717, 1.165) is 13.1 Å². The Labute approximate surface area is 133 Å². The molecule has 0 bridgehead atoms. The zero-order valence-corrected chi connectivity index (χ0v) is 13.5. The Kier molecular flexibility index (Phi) is 4.81. The van der Waals surface area contributed by atoms with Gasteiger partial charge in [-0.1, -0.05) is 11.3 Å². The van der Waals surface area contributed by atoms with Gasteiger partial charge in [0.15, 0.2) is 0 Å². The van der Waals surface area contributed by atoms with Gasteiger partial charge < -0.3 is 14.9 Å². The minimum atomic E-state index is -3.77. The Hall–Kier alpha value is -1.68. The van der Waals surface area contributed by atoms with Gasteiger partial charge in [0, 0.05) is 6.54 Å². The Morgan fingerprint density at radius 1 is 1.13 bits per heavy atom. The van der Waals surface area contributed by atoms with Crippen molar-refractivity contribution >= 4 is 21.1 Å². The Morgan fingerprint density at radius 3 is 2.65 bits per heavy atom. The lowest BCUT2D eigenvalue weighted by Gasteiger charge is -2.25. The van der Waals surface area contributed by atoms with Crippen molar-refractivity contribution < 1.29 is 13.3 Å². The highest BCUT2D eigenvalue weighted by Crippen LogP contribution is 2.14. The minimum absolute atomic E-state index is 0.0400. The monoisotopic (exact) mass is 340 g/mol. The van der Waals surface area contributed by atoms with Crippen molar-refractivity contribution in [1.29, 1.82) is 0 Å². The third-order valence-electron chi connectivity index (χ3n) is 3.92. The standard InChI is InChI=1S/C14H20N4O4S/c19-14-15-12-5-4-11(10-13(12)16-14)23(20,21)17-22-9-8-18-6-2-1-3-7-18/h4-5,10,17H,1-3,6-9H2,(H2,15,16,19). The first-order valence-electron chi connectivity index (χ1n) is 7.63. The summed E-state index contributed by atoms with van der Waals surface area (Å²) in [5, 5.41) is 0. The van der Waals surface area contributed by atoms with Crippen molar-refractivity contribution in [1.82, 2.24) is 19.8 Å². The number of aromatic amines is 2. The zero-order valence-electron chi connectivity index (χ0n) is 12.7. The van der Waals surface area contributed by atoms with Crippen molar-refractivity contribution in [2.24, 2.45) is 0 Å². The van der Waals surface area contributed by atoms with Gasteiger partial charge in [0.1, 0.15) is 0 Å².